The molecule has 2 heterocycles. The quantitative estimate of drug-likeness (QED) is 0.862. The monoisotopic (exact) mass is 253 g/mol. The van der Waals surface area contributed by atoms with Crippen LogP contribution in [0.25, 0.3) is 0 Å². The van der Waals surface area contributed by atoms with Crippen LogP contribution in [0, 0.1) is 6.92 Å². The van der Waals surface area contributed by atoms with E-state index in [1.807, 2.05) is 13.0 Å². The summed E-state index contributed by atoms with van der Waals surface area (Å²) in [5.74, 6) is 0.972. The molecule has 0 atom stereocenters. The Kier molecular flexibility index (Phi) is 6.92. The lowest BCUT2D eigenvalue weighted by molar-refractivity contribution is 0.207. The molecule has 0 unspecified atom stereocenters. The van der Waals surface area contributed by atoms with Gasteiger partial charge in [-0.2, -0.15) is 0 Å². The smallest absolute Gasteiger partial charge is 0.150 e. The molecule has 0 radical (unpaired) electrons. The number of aryl methyl sites for hydroxylation is 1. The van der Waals surface area contributed by atoms with E-state index in [-0.39, 0.29) is 24.8 Å². The SMILES string of the molecule is Cc1cc(CN2CCNCC2)on1.Cl.Cl. The minimum absolute atomic E-state index is 0. The molecular weight excluding hydrogens is 237 g/mol. The summed E-state index contributed by atoms with van der Waals surface area (Å²) in [6.07, 6.45) is 0. The first kappa shape index (κ1) is 14.7. The Bertz CT molecular complexity index is 274. The fraction of sp³-hybridized carbons (Fsp3) is 0.667. The van der Waals surface area contributed by atoms with Crippen LogP contribution in [0.5, 0.6) is 0 Å². The van der Waals surface area contributed by atoms with Gasteiger partial charge in [0.05, 0.1) is 12.2 Å². The maximum absolute atomic E-state index is 5.15. The lowest BCUT2D eigenvalue weighted by atomic mass is 10.3. The van der Waals surface area contributed by atoms with Crippen molar-refractivity contribution in [2.24, 2.45) is 0 Å². The van der Waals surface area contributed by atoms with Crippen LogP contribution >= 0.6 is 24.8 Å². The number of halogens is 2. The Morgan fingerprint density at radius 2 is 2.07 bits per heavy atom. The second-order valence-electron chi connectivity index (χ2n) is 3.46. The summed E-state index contributed by atoms with van der Waals surface area (Å²) in [7, 11) is 0. The number of nitrogens with zero attached hydrogens (tertiary/aromatic N) is 2. The average Bonchev–Trinajstić information content (AvgIpc) is 2.53. The van der Waals surface area contributed by atoms with Crippen LogP contribution < -0.4 is 5.32 Å². The molecule has 0 aromatic carbocycles. The molecule has 0 amide bonds. The van der Waals surface area contributed by atoms with E-state index in [0.717, 1.165) is 44.2 Å². The topological polar surface area (TPSA) is 41.3 Å². The number of hydrogen-bond acceptors (Lipinski definition) is 4. The number of hydrogen-bond donors (Lipinski definition) is 1. The first-order chi connectivity index (χ1) is 6.34. The molecule has 6 heteroatoms. The Morgan fingerprint density at radius 3 is 2.60 bits per heavy atom. The number of nitrogens with one attached hydrogen (secondary N) is 1. The van der Waals surface area contributed by atoms with Gasteiger partial charge in [-0.15, -0.1) is 24.8 Å². The Hall–Kier alpha value is -0.290. The minimum atomic E-state index is 0. The molecule has 0 aliphatic carbocycles. The molecule has 1 aliphatic heterocycles. The molecule has 0 spiro atoms. The van der Waals surface area contributed by atoms with Crippen LogP contribution in [0.2, 0.25) is 0 Å². The summed E-state index contributed by atoms with van der Waals surface area (Å²) in [6, 6.07) is 2.00. The Morgan fingerprint density at radius 1 is 1.40 bits per heavy atom. The third-order valence-corrected chi connectivity index (χ3v) is 2.27. The zero-order valence-corrected chi connectivity index (χ0v) is 10.4. The molecule has 88 valence electrons. The van der Waals surface area contributed by atoms with Gasteiger partial charge in [-0.3, -0.25) is 4.90 Å². The van der Waals surface area contributed by atoms with Gasteiger partial charge in [-0.25, -0.2) is 0 Å². The predicted octanol–water partition coefficient (Wildman–Crippen LogP) is 1.23. The average molecular weight is 254 g/mol. The van der Waals surface area contributed by atoms with Crippen molar-refractivity contribution in [2.75, 3.05) is 26.2 Å². The maximum Gasteiger partial charge on any atom is 0.150 e. The Labute approximate surface area is 102 Å². The van der Waals surface area contributed by atoms with E-state index in [9.17, 15) is 0 Å². The van der Waals surface area contributed by atoms with Gasteiger partial charge >= 0.3 is 0 Å². The molecule has 1 aromatic rings. The molecular formula is C9H17Cl2N3O. The van der Waals surface area contributed by atoms with Crippen LogP contribution in [0.1, 0.15) is 11.5 Å². The predicted molar refractivity (Wildman–Crippen MR) is 63.9 cm³/mol. The van der Waals surface area contributed by atoms with Crippen molar-refractivity contribution in [3.63, 3.8) is 0 Å². The fourth-order valence-electron chi connectivity index (χ4n) is 1.58. The first-order valence-corrected chi connectivity index (χ1v) is 4.70. The fourth-order valence-corrected chi connectivity index (χ4v) is 1.58. The van der Waals surface area contributed by atoms with Crippen molar-refractivity contribution in [3.05, 3.63) is 17.5 Å². The summed E-state index contributed by atoms with van der Waals surface area (Å²) < 4.78 is 5.15. The van der Waals surface area contributed by atoms with Crippen molar-refractivity contribution in [1.82, 2.24) is 15.4 Å². The molecule has 1 aliphatic rings. The zero-order valence-electron chi connectivity index (χ0n) is 8.73. The third kappa shape index (κ3) is 4.38. The van der Waals surface area contributed by atoms with Crippen LogP contribution in [0.4, 0.5) is 0 Å². The third-order valence-electron chi connectivity index (χ3n) is 2.27. The number of piperazine rings is 1. The molecule has 1 fully saturated rings. The van der Waals surface area contributed by atoms with Crippen molar-refractivity contribution >= 4 is 24.8 Å². The van der Waals surface area contributed by atoms with Crippen LogP contribution in [0.3, 0.4) is 0 Å². The molecule has 1 saturated heterocycles. The standard InChI is InChI=1S/C9H15N3O.2ClH/c1-8-6-9(13-11-8)7-12-4-2-10-3-5-12;;/h6,10H,2-5,7H2,1H3;2*1H. The molecule has 2 rings (SSSR count). The van der Waals surface area contributed by atoms with E-state index in [4.69, 9.17) is 4.52 Å². The number of rotatable bonds is 2. The summed E-state index contributed by atoms with van der Waals surface area (Å²) >= 11 is 0. The maximum atomic E-state index is 5.15. The zero-order chi connectivity index (χ0) is 9.10. The summed E-state index contributed by atoms with van der Waals surface area (Å²) in [6.45, 7) is 7.19. The highest BCUT2D eigenvalue weighted by Gasteiger charge is 2.11. The molecule has 1 aromatic heterocycles. The molecule has 15 heavy (non-hydrogen) atoms. The van der Waals surface area contributed by atoms with Crippen LogP contribution in [0.15, 0.2) is 10.6 Å². The highest BCUT2D eigenvalue weighted by molar-refractivity contribution is 5.85. The largest absolute Gasteiger partial charge is 0.360 e. The highest BCUT2D eigenvalue weighted by Crippen LogP contribution is 2.06. The van der Waals surface area contributed by atoms with Gasteiger partial charge in [0.25, 0.3) is 0 Å². The molecule has 1 N–H and O–H groups in total. The second-order valence-corrected chi connectivity index (χ2v) is 3.46. The van der Waals surface area contributed by atoms with Crippen molar-refractivity contribution in [3.8, 4) is 0 Å². The lowest BCUT2D eigenvalue weighted by Crippen LogP contribution is -2.42. The van der Waals surface area contributed by atoms with E-state index >= 15 is 0 Å². The van der Waals surface area contributed by atoms with Crippen molar-refractivity contribution in [2.45, 2.75) is 13.5 Å². The van der Waals surface area contributed by atoms with E-state index in [2.05, 4.69) is 15.4 Å². The Balaban J connectivity index is 0.000000980. The van der Waals surface area contributed by atoms with E-state index < -0.39 is 0 Å². The van der Waals surface area contributed by atoms with Gasteiger partial charge in [0, 0.05) is 32.2 Å². The van der Waals surface area contributed by atoms with Crippen molar-refractivity contribution < 1.29 is 4.52 Å². The van der Waals surface area contributed by atoms with Gasteiger partial charge < -0.3 is 9.84 Å². The van der Waals surface area contributed by atoms with E-state index in [1.54, 1.807) is 0 Å². The molecule has 4 nitrogen and oxygen atoms in total. The summed E-state index contributed by atoms with van der Waals surface area (Å²) in [4.78, 5) is 2.37. The van der Waals surface area contributed by atoms with Gasteiger partial charge in [0.2, 0.25) is 0 Å². The van der Waals surface area contributed by atoms with Crippen LogP contribution in [-0.2, 0) is 6.54 Å². The van der Waals surface area contributed by atoms with Crippen molar-refractivity contribution in [1.29, 1.82) is 0 Å². The van der Waals surface area contributed by atoms with Gasteiger partial charge in [-0.05, 0) is 6.92 Å². The molecule has 0 bridgehead atoms. The summed E-state index contributed by atoms with van der Waals surface area (Å²) in [5.41, 5.74) is 0.963. The second kappa shape index (κ2) is 7.06. The minimum Gasteiger partial charge on any atom is -0.360 e. The van der Waals surface area contributed by atoms with Gasteiger partial charge in [-0.1, -0.05) is 5.16 Å². The highest BCUT2D eigenvalue weighted by atomic mass is 35.5. The van der Waals surface area contributed by atoms with E-state index in [1.165, 1.54) is 0 Å². The lowest BCUT2D eigenvalue weighted by Gasteiger charge is -2.25. The van der Waals surface area contributed by atoms with Gasteiger partial charge in [0.15, 0.2) is 5.76 Å². The van der Waals surface area contributed by atoms with E-state index in [0.29, 0.717) is 0 Å². The first-order valence-electron chi connectivity index (χ1n) is 4.70. The summed E-state index contributed by atoms with van der Waals surface area (Å²) in [5, 5.41) is 7.18. The molecule has 0 saturated carbocycles. The van der Waals surface area contributed by atoms with Gasteiger partial charge in [0.1, 0.15) is 0 Å². The van der Waals surface area contributed by atoms with Crippen LogP contribution in [-0.4, -0.2) is 36.2 Å². The normalized spacial score (nSPS) is 16.6. The number of aromatic nitrogens is 1.